The zero-order valence-corrected chi connectivity index (χ0v) is 19.0. The van der Waals surface area contributed by atoms with Gasteiger partial charge in [0.05, 0.1) is 10.6 Å². The fraction of sp³-hybridized carbons (Fsp3) is 0.240. The molecule has 0 aliphatic carbocycles. The second-order valence-corrected chi connectivity index (χ2v) is 10.1. The van der Waals surface area contributed by atoms with Gasteiger partial charge in [-0.2, -0.15) is 0 Å². The largest absolute Gasteiger partial charge is 0.322 e. The Morgan fingerprint density at radius 2 is 1.52 bits per heavy atom. The molecule has 0 atom stereocenters. The Balaban J connectivity index is 1.60. The summed E-state index contributed by atoms with van der Waals surface area (Å²) in [5.41, 5.74) is 7.04. The molecule has 0 unspecified atom stereocenters. The van der Waals surface area contributed by atoms with Crippen LogP contribution in [0.15, 0.2) is 59.5 Å². The molecule has 0 fully saturated rings. The summed E-state index contributed by atoms with van der Waals surface area (Å²) in [6.07, 6.45) is 0.574. The highest BCUT2D eigenvalue weighted by Crippen LogP contribution is 2.34. The molecule has 0 saturated heterocycles. The van der Waals surface area contributed by atoms with E-state index in [1.165, 1.54) is 4.31 Å². The maximum atomic E-state index is 13.1. The molecule has 3 aromatic carbocycles. The van der Waals surface area contributed by atoms with Gasteiger partial charge in [-0.05, 0) is 81.1 Å². The number of nitrogens with one attached hydrogen (secondary N) is 1. The molecule has 0 spiro atoms. The predicted octanol–water partition coefficient (Wildman–Crippen LogP) is 4.92. The van der Waals surface area contributed by atoms with Crippen molar-refractivity contribution in [2.24, 2.45) is 0 Å². The minimum atomic E-state index is -3.63. The van der Waals surface area contributed by atoms with Crippen molar-refractivity contribution >= 4 is 27.3 Å². The van der Waals surface area contributed by atoms with E-state index >= 15 is 0 Å². The van der Waals surface area contributed by atoms with Gasteiger partial charge < -0.3 is 5.32 Å². The lowest BCUT2D eigenvalue weighted by molar-refractivity contribution is 0.102. The third kappa shape index (κ3) is 3.95. The standard InChI is InChI=1S/C25H26N2O3S/c1-16-5-8-22(9-6-16)31(29,30)27-12-11-20-15-21(7-10-23(20)27)25(28)26-24-18(3)13-17(2)14-19(24)4/h5-10,13-15H,11-12H2,1-4H3,(H,26,28). The summed E-state index contributed by atoms with van der Waals surface area (Å²) in [6, 6.07) is 16.2. The van der Waals surface area contributed by atoms with Crippen LogP contribution in [0.4, 0.5) is 11.4 Å². The van der Waals surface area contributed by atoms with Crippen LogP contribution in [0.3, 0.4) is 0 Å². The number of hydrogen-bond acceptors (Lipinski definition) is 3. The molecule has 1 aliphatic rings. The highest BCUT2D eigenvalue weighted by Gasteiger charge is 2.31. The second-order valence-electron chi connectivity index (χ2n) is 8.21. The Morgan fingerprint density at radius 1 is 0.871 bits per heavy atom. The Bertz CT molecular complexity index is 1260. The fourth-order valence-electron chi connectivity index (χ4n) is 4.16. The number of amides is 1. The Kier molecular flexibility index (Phi) is 5.35. The zero-order valence-electron chi connectivity index (χ0n) is 18.2. The van der Waals surface area contributed by atoms with E-state index in [1.54, 1.807) is 42.5 Å². The zero-order chi connectivity index (χ0) is 22.3. The molecule has 0 bridgehead atoms. The first kappa shape index (κ1) is 21.1. The van der Waals surface area contributed by atoms with E-state index in [-0.39, 0.29) is 10.8 Å². The molecule has 0 aromatic heterocycles. The number of carbonyl (C=O) groups excluding carboxylic acids is 1. The van der Waals surface area contributed by atoms with E-state index in [2.05, 4.69) is 5.32 Å². The molecule has 1 N–H and O–H groups in total. The Morgan fingerprint density at radius 3 is 2.16 bits per heavy atom. The van der Waals surface area contributed by atoms with Crippen LogP contribution in [0.1, 0.15) is 38.2 Å². The van der Waals surface area contributed by atoms with Crippen LogP contribution in [-0.4, -0.2) is 20.9 Å². The van der Waals surface area contributed by atoms with E-state index in [0.29, 0.717) is 24.2 Å². The molecule has 4 rings (SSSR count). The number of fused-ring (bicyclic) bond motifs is 1. The Labute approximate surface area is 183 Å². The van der Waals surface area contributed by atoms with Gasteiger partial charge in [-0.15, -0.1) is 0 Å². The molecule has 6 heteroatoms. The highest BCUT2D eigenvalue weighted by molar-refractivity contribution is 7.92. The fourth-order valence-corrected chi connectivity index (χ4v) is 5.67. The SMILES string of the molecule is Cc1ccc(S(=O)(=O)N2CCc3cc(C(=O)Nc4c(C)cc(C)cc4C)ccc32)cc1. The molecule has 5 nitrogen and oxygen atoms in total. The van der Waals surface area contributed by atoms with Gasteiger partial charge >= 0.3 is 0 Å². The lowest BCUT2D eigenvalue weighted by Gasteiger charge is -2.20. The third-order valence-electron chi connectivity index (χ3n) is 5.72. The molecule has 160 valence electrons. The minimum Gasteiger partial charge on any atom is -0.322 e. The summed E-state index contributed by atoms with van der Waals surface area (Å²) in [7, 11) is -3.63. The predicted molar refractivity (Wildman–Crippen MR) is 124 cm³/mol. The summed E-state index contributed by atoms with van der Waals surface area (Å²) < 4.78 is 27.7. The number of carbonyl (C=O) groups is 1. The normalized spacial score (nSPS) is 13.2. The van der Waals surface area contributed by atoms with E-state index < -0.39 is 10.0 Å². The molecular formula is C25H26N2O3S. The van der Waals surface area contributed by atoms with Crippen LogP contribution in [0.25, 0.3) is 0 Å². The van der Waals surface area contributed by atoms with Gasteiger partial charge in [0, 0.05) is 17.8 Å². The van der Waals surface area contributed by atoms with Crippen LogP contribution in [0.2, 0.25) is 0 Å². The van der Waals surface area contributed by atoms with Crippen molar-refractivity contribution in [3.8, 4) is 0 Å². The van der Waals surface area contributed by atoms with E-state index in [4.69, 9.17) is 0 Å². The maximum absolute atomic E-state index is 13.1. The number of hydrogen-bond donors (Lipinski definition) is 1. The summed E-state index contributed by atoms with van der Waals surface area (Å²) in [5, 5.41) is 3.01. The van der Waals surface area contributed by atoms with Gasteiger partial charge in [0.1, 0.15) is 0 Å². The lowest BCUT2D eigenvalue weighted by atomic mass is 10.0. The third-order valence-corrected chi connectivity index (χ3v) is 7.55. The van der Waals surface area contributed by atoms with Crippen molar-refractivity contribution in [3.63, 3.8) is 0 Å². The molecule has 3 aromatic rings. The second kappa shape index (κ2) is 7.85. The van der Waals surface area contributed by atoms with Crippen LogP contribution in [-0.2, 0) is 16.4 Å². The molecule has 0 saturated carbocycles. The van der Waals surface area contributed by atoms with Crippen molar-refractivity contribution in [2.45, 2.75) is 39.0 Å². The van der Waals surface area contributed by atoms with Crippen molar-refractivity contribution in [1.82, 2.24) is 0 Å². The smallest absolute Gasteiger partial charge is 0.264 e. The van der Waals surface area contributed by atoms with Gasteiger partial charge in [0.25, 0.3) is 15.9 Å². The topological polar surface area (TPSA) is 66.5 Å². The number of sulfonamides is 1. The maximum Gasteiger partial charge on any atom is 0.264 e. The van der Waals surface area contributed by atoms with Gasteiger partial charge in [-0.1, -0.05) is 35.4 Å². The van der Waals surface area contributed by atoms with Crippen LogP contribution >= 0.6 is 0 Å². The molecule has 1 amide bonds. The molecule has 31 heavy (non-hydrogen) atoms. The number of rotatable bonds is 4. The summed E-state index contributed by atoms with van der Waals surface area (Å²) in [6.45, 7) is 8.28. The first-order chi connectivity index (χ1) is 14.7. The number of benzene rings is 3. The van der Waals surface area contributed by atoms with Gasteiger partial charge in [-0.3, -0.25) is 9.10 Å². The summed E-state index contributed by atoms with van der Waals surface area (Å²) in [4.78, 5) is 13.2. The van der Waals surface area contributed by atoms with Crippen LogP contribution < -0.4 is 9.62 Å². The van der Waals surface area contributed by atoms with Crippen molar-refractivity contribution in [1.29, 1.82) is 0 Å². The van der Waals surface area contributed by atoms with E-state index in [1.807, 2.05) is 39.8 Å². The first-order valence-electron chi connectivity index (χ1n) is 10.3. The van der Waals surface area contributed by atoms with Crippen LogP contribution in [0, 0.1) is 27.7 Å². The quantitative estimate of drug-likeness (QED) is 0.634. The number of nitrogens with zero attached hydrogens (tertiary/aromatic N) is 1. The van der Waals surface area contributed by atoms with E-state index in [0.717, 1.165) is 33.5 Å². The monoisotopic (exact) mass is 434 g/mol. The Hall–Kier alpha value is -3.12. The highest BCUT2D eigenvalue weighted by atomic mass is 32.2. The summed E-state index contributed by atoms with van der Waals surface area (Å²) >= 11 is 0. The average molecular weight is 435 g/mol. The molecule has 1 heterocycles. The number of aryl methyl sites for hydroxylation is 4. The lowest BCUT2D eigenvalue weighted by Crippen LogP contribution is -2.29. The van der Waals surface area contributed by atoms with Gasteiger partial charge in [-0.25, -0.2) is 8.42 Å². The van der Waals surface area contributed by atoms with Crippen LogP contribution in [0.5, 0.6) is 0 Å². The van der Waals surface area contributed by atoms with Gasteiger partial charge in [0.15, 0.2) is 0 Å². The number of anilines is 2. The molecule has 1 aliphatic heterocycles. The molecule has 0 radical (unpaired) electrons. The minimum absolute atomic E-state index is 0.197. The summed E-state index contributed by atoms with van der Waals surface area (Å²) in [5.74, 6) is -0.197. The molecular weight excluding hydrogens is 408 g/mol. The van der Waals surface area contributed by atoms with Gasteiger partial charge in [0.2, 0.25) is 0 Å². The van der Waals surface area contributed by atoms with Crippen molar-refractivity contribution < 1.29 is 13.2 Å². The average Bonchev–Trinajstić information content (AvgIpc) is 3.15. The van der Waals surface area contributed by atoms with E-state index in [9.17, 15) is 13.2 Å². The van der Waals surface area contributed by atoms with Crippen molar-refractivity contribution in [3.05, 3.63) is 88.0 Å². The first-order valence-corrected chi connectivity index (χ1v) is 11.7. The van der Waals surface area contributed by atoms with Crippen molar-refractivity contribution in [2.75, 3.05) is 16.2 Å².